The normalized spacial score (nSPS) is 14.6. The van der Waals surface area contributed by atoms with Crippen molar-refractivity contribution in [2.24, 2.45) is 0 Å². The summed E-state index contributed by atoms with van der Waals surface area (Å²) in [5.41, 5.74) is 0. The van der Waals surface area contributed by atoms with Crippen molar-refractivity contribution in [3.05, 3.63) is 134 Å². The number of allylic oxidation sites excluding steroid dienone is 22. The number of esters is 4. The summed E-state index contributed by atoms with van der Waals surface area (Å²) in [5.74, 6) is -2.33. The molecule has 0 radical (unpaired) electrons. The van der Waals surface area contributed by atoms with Crippen molar-refractivity contribution in [1.82, 2.24) is 0 Å². The first-order valence-electron chi connectivity index (χ1n) is 40.4. The van der Waals surface area contributed by atoms with Crippen LogP contribution in [0.3, 0.4) is 0 Å². The van der Waals surface area contributed by atoms with E-state index in [1.165, 1.54) is 89.9 Å². The van der Waals surface area contributed by atoms with Crippen LogP contribution in [0.5, 0.6) is 0 Å². The number of carbonyl (C=O) groups is 4. The fourth-order valence-corrected chi connectivity index (χ4v) is 11.9. The molecule has 0 aromatic heterocycles. The number of aliphatic hydroxyl groups is 1. The van der Waals surface area contributed by atoms with Gasteiger partial charge in [-0.15, -0.1) is 0 Å². The first-order valence-corrected chi connectivity index (χ1v) is 43.4. The van der Waals surface area contributed by atoms with E-state index in [0.717, 1.165) is 141 Å². The molecule has 0 aromatic rings. The van der Waals surface area contributed by atoms with Crippen molar-refractivity contribution < 1.29 is 80.2 Å². The maximum Gasteiger partial charge on any atom is 0.472 e. The molecule has 0 bridgehead atoms. The highest BCUT2D eigenvalue weighted by Gasteiger charge is 2.30. The molecule has 0 heterocycles. The molecule has 5 atom stereocenters. The lowest BCUT2D eigenvalue weighted by molar-refractivity contribution is -0.161. The van der Waals surface area contributed by atoms with Crippen LogP contribution in [0.15, 0.2) is 134 Å². The van der Waals surface area contributed by atoms with Crippen LogP contribution in [-0.2, 0) is 65.4 Å². The molecule has 0 rings (SSSR count). The number of carbonyl (C=O) groups excluding carboxylic acids is 4. The molecule has 19 heteroatoms. The number of ether oxygens (including phenoxy) is 4. The molecule has 0 saturated heterocycles. The molecule has 2 unspecified atom stereocenters. The molecule has 0 saturated carbocycles. The van der Waals surface area contributed by atoms with Crippen molar-refractivity contribution in [3.8, 4) is 0 Å². The van der Waals surface area contributed by atoms with E-state index < -0.39 is 97.5 Å². The summed E-state index contributed by atoms with van der Waals surface area (Å²) in [4.78, 5) is 73.0. The number of phosphoric acid groups is 2. The van der Waals surface area contributed by atoms with E-state index in [9.17, 15) is 43.2 Å². The SMILES string of the molecule is CCCCC/C=C\C/C=C\C/C=C\C/C=C\CCCC(=O)O[C@H](COC(=O)CCCCCCC/C=C\C/C=C\CCCCC)COP(=O)(O)OC[C@@H](O)COP(=O)(O)OC[C@@H](COC(=O)CCCCCCCCC/C=C\CCCCCC)OC(=O)CCC/C=C\C/C=C\C/C=C\C/C=C\CCCCC. The summed E-state index contributed by atoms with van der Waals surface area (Å²) >= 11 is 0. The van der Waals surface area contributed by atoms with Crippen LogP contribution in [0.1, 0.15) is 323 Å². The number of unbranched alkanes of at least 4 members (excludes halogenated alkanes) is 27. The van der Waals surface area contributed by atoms with Gasteiger partial charge in [-0.2, -0.15) is 0 Å². The molecule has 0 aliphatic heterocycles. The lowest BCUT2D eigenvalue weighted by Gasteiger charge is -2.21. The molecule has 17 nitrogen and oxygen atoms in total. The predicted octanol–water partition coefficient (Wildman–Crippen LogP) is 23.7. The van der Waals surface area contributed by atoms with Gasteiger partial charge in [0.2, 0.25) is 0 Å². The average molecular weight is 1500 g/mol. The topological polar surface area (TPSA) is 237 Å². The Morgan fingerprint density at radius 2 is 0.481 bits per heavy atom. The van der Waals surface area contributed by atoms with Crippen molar-refractivity contribution in [1.29, 1.82) is 0 Å². The van der Waals surface area contributed by atoms with Crippen molar-refractivity contribution >= 4 is 39.5 Å². The fraction of sp³-hybridized carbons (Fsp3) is 0.694. The third-order valence-electron chi connectivity index (χ3n) is 16.6. The third-order valence-corrected chi connectivity index (χ3v) is 18.5. The molecule has 0 amide bonds. The lowest BCUT2D eigenvalue weighted by atomic mass is 10.1. The Labute approximate surface area is 631 Å². The summed E-state index contributed by atoms with van der Waals surface area (Å²) in [5, 5.41) is 10.6. The Morgan fingerprint density at radius 3 is 0.779 bits per heavy atom. The number of aliphatic hydroxyl groups excluding tert-OH is 1. The molecule has 0 spiro atoms. The molecular weight excluding hydrogens is 1350 g/mol. The number of phosphoric ester groups is 2. The maximum absolute atomic E-state index is 13.1. The lowest BCUT2D eigenvalue weighted by Crippen LogP contribution is -2.30. The standard InChI is InChI=1S/C85H144O17P2/c1-5-9-13-17-21-25-29-33-37-39-43-47-51-55-59-63-67-71-84(89)101-80(75-95-82(87)69-65-61-57-53-49-45-41-35-31-27-23-19-15-11-7-3)77-99-103(91,92)97-73-79(86)74-98-104(93,94)100-78-81(76-96-83(88)70-66-62-58-54-50-46-42-36-32-28-24-20-16-12-8-4)102-85(90)72-68-64-60-56-52-48-44-40-38-34-30-26-22-18-14-10-6-2/h21-23,25-28,32-35,37-38,41,43-44,47-48,55-56,59-60,79-81,86H,5-20,24,29-31,36,39-40,42,45-46,49-54,57-58,61-78H2,1-4H3,(H,91,92)(H,93,94)/b25-21-,26-22-,27-23-,32-28-,37-33-,38-34-,41-35-,47-43-,48-44-,59-55-,60-56-/t79-,80-,81-/m1/s1. The van der Waals surface area contributed by atoms with Crippen LogP contribution < -0.4 is 0 Å². The van der Waals surface area contributed by atoms with Crippen LogP contribution in [0, 0.1) is 0 Å². The van der Waals surface area contributed by atoms with Gasteiger partial charge in [0.05, 0.1) is 26.4 Å². The molecule has 0 aromatic carbocycles. The molecular formula is C85H144O17P2. The first kappa shape index (κ1) is 99.2. The molecule has 104 heavy (non-hydrogen) atoms. The van der Waals surface area contributed by atoms with E-state index in [2.05, 4.69) is 137 Å². The first-order chi connectivity index (χ1) is 50.7. The zero-order valence-corrected chi connectivity index (χ0v) is 66.9. The van der Waals surface area contributed by atoms with E-state index in [1.807, 2.05) is 24.3 Å². The summed E-state index contributed by atoms with van der Waals surface area (Å²) in [6, 6.07) is 0. The van der Waals surface area contributed by atoms with Gasteiger partial charge in [0.15, 0.2) is 12.2 Å². The third kappa shape index (κ3) is 75.4. The van der Waals surface area contributed by atoms with Crippen LogP contribution >= 0.6 is 15.6 Å². The van der Waals surface area contributed by atoms with Gasteiger partial charge in [0.1, 0.15) is 19.3 Å². The number of hydrogen-bond acceptors (Lipinski definition) is 15. The molecule has 596 valence electrons. The molecule has 0 aliphatic rings. The Hall–Kier alpha value is -4.80. The van der Waals surface area contributed by atoms with Gasteiger partial charge in [-0.3, -0.25) is 37.3 Å². The maximum atomic E-state index is 13.1. The van der Waals surface area contributed by atoms with E-state index in [-0.39, 0.29) is 25.7 Å². The van der Waals surface area contributed by atoms with Crippen LogP contribution in [0.4, 0.5) is 0 Å². The van der Waals surface area contributed by atoms with Crippen molar-refractivity contribution in [2.45, 2.75) is 341 Å². The van der Waals surface area contributed by atoms with Crippen molar-refractivity contribution in [3.63, 3.8) is 0 Å². The highest BCUT2D eigenvalue weighted by atomic mass is 31.2. The van der Waals surface area contributed by atoms with Gasteiger partial charge in [0.25, 0.3) is 0 Å². The Balaban J connectivity index is 5.49. The summed E-state index contributed by atoms with van der Waals surface area (Å²) in [7, 11) is -10.0. The van der Waals surface area contributed by atoms with Gasteiger partial charge in [-0.1, -0.05) is 271 Å². The van der Waals surface area contributed by atoms with Crippen LogP contribution in [0.2, 0.25) is 0 Å². The Morgan fingerprint density at radius 1 is 0.269 bits per heavy atom. The minimum Gasteiger partial charge on any atom is -0.462 e. The zero-order valence-electron chi connectivity index (χ0n) is 65.2. The zero-order chi connectivity index (χ0) is 76.0. The summed E-state index contributed by atoms with van der Waals surface area (Å²) in [6.07, 6.45) is 85.8. The smallest absolute Gasteiger partial charge is 0.462 e. The van der Waals surface area contributed by atoms with Crippen molar-refractivity contribution in [2.75, 3.05) is 39.6 Å². The fourth-order valence-electron chi connectivity index (χ4n) is 10.3. The largest absolute Gasteiger partial charge is 0.472 e. The van der Waals surface area contributed by atoms with Gasteiger partial charge in [0, 0.05) is 25.7 Å². The molecule has 0 fully saturated rings. The minimum atomic E-state index is -5.00. The van der Waals surface area contributed by atoms with E-state index in [4.69, 9.17) is 37.0 Å². The number of rotatable bonds is 75. The average Bonchev–Trinajstić information content (AvgIpc) is 0.907. The summed E-state index contributed by atoms with van der Waals surface area (Å²) < 4.78 is 68.5. The van der Waals surface area contributed by atoms with Gasteiger partial charge >= 0.3 is 39.5 Å². The molecule has 0 aliphatic carbocycles. The highest BCUT2D eigenvalue weighted by Crippen LogP contribution is 2.45. The summed E-state index contributed by atoms with van der Waals surface area (Å²) in [6.45, 7) is 4.65. The molecule has 3 N–H and O–H groups in total. The highest BCUT2D eigenvalue weighted by molar-refractivity contribution is 7.47. The second kappa shape index (κ2) is 76.4. The van der Waals surface area contributed by atoms with E-state index in [1.54, 1.807) is 0 Å². The Bertz CT molecular complexity index is 2490. The Kier molecular flexibility index (Phi) is 72.9. The van der Waals surface area contributed by atoms with E-state index in [0.29, 0.717) is 38.5 Å². The minimum absolute atomic E-state index is 0.0118. The van der Waals surface area contributed by atoms with Crippen LogP contribution in [-0.4, -0.2) is 96.7 Å². The predicted molar refractivity (Wildman–Crippen MR) is 427 cm³/mol. The van der Waals surface area contributed by atoms with Gasteiger partial charge in [-0.05, 0) is 161 Å². The van der Waals surface area contributed by atoms with E-state index >= 15 is 0 Å². The van der Waals surface area contributed by atoms with Gasteiger partial charge in [-0.25, -0.2) is 9.13 Å². The monoisotopic (exact) mass is 1500 g/mol. The quantitative estimate of drug-likeness (QED) is 0.0169. The number of hydrogen-bond donors (Lipinski definition) is 3. The van der Waals surface area contributed by atoms with Gasteiger partial charge < -0.3 is 33.8 Å². The second-order valence-corrected chi connectivity index (χ2v) is 29.5. The van der Waals surface area contributed by atoms with Crippen LogP contribution in [0.25, 0.3) is 0 Å². The second-order valence-electron chi connectivity index (χ2n) is 26.6.